The van der Waals surface area contributed by atoms with Crippen LogP contribution in [0, 0.1) is 0 Å². The minimum Gasteiger partial charge on any atom is -0.372 e. The van der Waals surface area contributed by atoms with Crippen LogP contribution in [0.1, 0.15) is 33.4 Å². The molecule has 22 heavy (non-hydrogen) atoms. The van der Waals surface area contributed by atoms with Gasteiger partial charge in [0.15, 0.2) is 0 Å². The molecule has 0 amide bonds. The number of nitrogens with zero attached hydrogens (tertiary/aromatic N) is 2. The SMILES string of the molecule is O=C1c2cccnc2C2Nc3ccccc3-c3ccnc1c32. The zero-order valence-electron chi connectivity index (χ0n) is 11.6. The maximum absolute atomic E-state index is 12.7. The summed E-state index contributed by atoms with van der Waals surface area (Å²) in [6.07, 6.45) is 3.45. The number of nitrogens with one attached hydrogen (secondary N) is 1. The summed E-state index contributed by atoms with van der Waals surface area (Å²) in [4.78, 5) is 21.5. The fourth-order valence-corrected chi connectivity index (χ4v) is 3.42. The van der Waals surface area contributed by atoms with Crippen LogP contribution in [-0.4, -0.2) is 15.8 Å². The number of para-hydroxylation sites is 1. The molecule has 1 aliphatic carbocycles. The maximum Gasteiger partial charge on any atom is 0.213 e. The lowest BCUT2D eigenvalue weighted by molar-refractivity contribution is 0.102. The molecule has 0 radical (unpaired) electrons. The van der Waals surface area contributed by atoms with E-state index in [1.165, 1.54) is 0 Å². The van der Waals surface area contributed by atoms with Crippen molar-refractivity contribution in [3.63, 3.8) is 0 Å². The number of ketones is 1. The lowest BCUT2D eigenvalue weighted by Gasteiger charge is -2.33. The first-order valence-corrected chi connectivity index (χ1v) is 7.19. The normalized spacial score (nSPS) is 17.1. The monoisotopic (exact) mass is 285 g/mol. The van der Waals surface area contributed by atoms with Crippen LogP contribution >= 0.6 is 0 Å². The Morgan fingerprint density at radius 3 is 2.68 bits per heavy atom. The summed E-state index contributed by atoms with van der Waals surface area (Å²) in [6.45, 7) is 0. The van der Waals surface area contributed by atoms with Crippen molar-refractivity contribution in [3.05, 3.63) is 77.4 Å². The molecular weight excluding hydrogens is 274 g/mol. The number of pyridine rings is 2. The smallest absolute Gasteiger partial charge is 0.213 e. The minimum absolute atomic E-state index is 0.0441. The van der Waals surface area contributed by atoms with Crippen LogP contribution in [0.2, 0.25) is 0 Å². The second-order valence-electron chi connectivity index (χ2n) is 5.51. The van der Waals surface area contributed by atoms with Gasteiger partial charge in [-0.2, -0.15) is 0 Å². The zero-order chi connectivity index (χ0) is 14.7. The Hall–Kier alpha value is -3.01. The summed E-state index contributed by atoms with van der Waals surface area (Å²) in [7, 11) is 0. The van der Waals surface area contributed by atoms with E-state index in [-0.39, 0.29) is 11.8 Å². The molecule has 1 N–H and O–H groups in total. The molecule has 0 bridgehead atoms. The number of fused-ring (bicyclic) bond motifs is 4. The van der Waals surface area contributed by atoms with Gasteiger partial charge in [0.2, 0.25) is 5.78 Å². The Morgan fingerprint density at radius 2 is 1.73 bits per heavy atom. The summed E-state index contributed by atoms with van der Waals surface area (Å²) in [6, 6.07) is 13.6. The number of hydrogen-bond acceptors (Lipinski definition) is 4. The maximum atomic E-state index is 12.7. The van der Waals surface area contributed by atoms with E-state index in [1.807, 2.05) is 24.3 Å². The standard InChI is InChI=1S/C18H11N3O/c22-18-12-5-3-8-19-15(12)16-14-11(7-9-20-17(14)18)10-4-1-2-6-13(10)21-16/h1-9,16,21H. The second-order valence-corrected chi connectivity index (χ2v) is 5.51. The van der Waals surface area contributed by atoms with Crippen molar-refractivity contribution in [2.45, 2.75) is 6.04 Å². The van der Waals surface area contributed by atoms with E-state index in [1.54, 1.807) is 18.5 Å². The fourth-order valence-electron chi connectivity index (χ4n) is 3.42. The molecular formula is C18H11N3O. The predicted octanol–water partition coefficient (Wildman–Crippen LogP) is 3.20. The molecule has 3 aromatic rings. The van der Waals surface area contributed by atoms with E-state index in [0.29, 0.717) is 11.3 Å². The Bertz CT molecular complexity index is 949. The van der Waals surface area contributed by atoms with Crippen molar-refractivity contribution >= 4 is 11.5 Å². The van der Waals surface area contributed by atoms with Crippen LogP contribution in [0.5, 0.6) is 0 Å². The van der Waals surface area contributed by atoms with Crippen molar-refractivity contribution in [3.8, 4) is 11.1 Å². The first kappa shape index (κ1) is 11.6. The summed E-state index contributed by atoms with van der Waals surface area (Å²) < 4.78 is 0. The summed E-state index contributed by atoms with van der Waals surface area (Å²) in [5.74, 6) is -0.0441. The van der Waals surface area contributed by atoms with Crippen molar-refractivity contribution in [1.82, 2.24) is 9.97 Å². The first-order chi connectivity index (χ1) is 10.8. The van der Waals surface area contributed by atoms with Gasteiger partial charge in [0.25, 0.3) is 0 Å². The van der Waals surface area contributed by atoms with Gasteiger partial charge in [-0.25, -0.2) is 0 Å². The highest BCUT2D eigenvalue weighted by atomic mass is 16.1. The number of carbonyl (C=O) groups excluding carboxylic acids is 1. The third-order valence-corrected chi connectivity index (χ3v) is 4.37. The van der Waals surface area contributed by atoms with E-state index in [2.05, 4.69) is 27.4 Å². The van der Waals surface area contributed by atoms with E-state index in [0.717, 1.165) is 28.1 Å². The number of aromatic nitrogens is 2. The van der Waals surface area contributed by atoms with Gasteiger partial charge in [0.1, 0.15) is 5.69 Å². The average Bonchev–Trinajstić information content (AvgIpc) is 2.59. The van der Waals surface area contributed by atoms with Gasteiger partial charge >= 0.3 is 0 Å². The zero-order valence-corrected chi connectivity index (χ0v) is 11.6. The van der Waals surface area contributed by atoms with Gasteiger partial charge in [-0.1, -0.05) is 18.2 Å². The van der Waals surface area contributed by atoms with E-state index < -0.39 is 0 Å². The van der Waals surface area contributed by atoms with Gasteiger partial charge in [-0.15, -0.1) is 0 Å². The van der Waals surface area contributed by atoms with Crippen molar-refractivity contribution < 1.29 is 4.79 Å². The van der Waals surface area contributed by atoms with Gasteiger partial charge in [-0.3, -0.25) is 14.8 Å². The van der Waals surface area contributed by atoms with Gasteiger partial charge in [-0.05, 0) is 29.8 Å². The van der Waals surface area contributed by atoms with Crippen molar-refractivity contribution in [2.24, 2.45) is 0 Å². The van der Waals surface area contributed by atoms with Crippen molar-refractivity contribution in [2.75, 3.05) is 5.32 Å². The first-order valence-electron chi connectivity index (χ1n) is 7.19. The van der Waals surface area contributed by atoms with Crippen LogP contribution in [0.15, 0.2) is 54.9 Å². The minimum atomic E-state index is -0.123. The molecule has 4 heteroatoms. The molecule has 1 unspecified atom stereocenters. The molecule has 0 saturated carbocycles. The highest BCUT2D eigenvalue weighted by Crippen LogP contribution is 2.46. The van der Waals surface area contributed by atoms with E-state index in [9.17, 15) is 4.79 Å². The highest BCUT2D eigenvalue weighted by molar-refractivity contribution is 6.13. The quantitative estimate of drug-likeness (QED) is 0.689. The Labute approximate surface area is 126 Å². The molecule has 104 valence electrons. The number of rotatable bonds is 0. The lowest BCUT2D eigenvalue weighted by atomic mass is 9.80. The van der Waals surface area contributed by atoms with Crippen LogP contribution in [0.25, 0.3) is 11.1 Å². The number of benzene rings is 1. The molecule has 1 aromatic carbocycles. The van der Waals surface area contributed by atoms with Crippen LogP contribution in [0.4, 0.5) is 5.69 Å². The number of hydrogen-bond donors (Lipinski definition) is 1. The largest absolute Gasteiger partial charge is 0.372 e. The fraction of sp³-hybridized carbons (Fsp3) is 0.0556. The van der Waals surface area contributed by atoms with Gasteiger partial charge in [0.05, 0.1) is 11.7 Å². The Kier molecular flexibility index (Phi) is 2.12. The molecule has 0 saturated heterocycles. The third kappa shape index (κ3) is 1.34. The van der Waals surface area contributed by atoms with E-state index >= 15 is 0 Å². The predicted molar refractivity (Wildman–Crippen MR) is 82.8 cm³/mol. The summed E-state index contributed by atoms with van der Waals surface area (Å²) >= 11 is 0. The lowest BCUT2D eigenvalue weighted by Crippen LogP contribution is -2.29. The highest BCUT2D eigenvalue weighted by Gasteiger charge is 2.37. The molecule has 0 fully saturated rings. The molecule has 0 spiro atoms. The molecule has 1 aliphatic heterocycles. The second kappa shape index (κ2) is 4.01. The molecule has 2 aliphatic rings. The Morgan fingerprint density at radius 1 is 0.864 bits per heavy atom. The van der Waals surface area contributed by atoms with Crippen LogP contribution < -0.4 is 5.32 Å². The van der Waals surface area contributed by atoms with Crippen LogP contribution in [-0.2, 0) is 0 Å². The average molecular weight is 285 g/mol. The third-order valence-electron chi connectivity index (χ3n) is 4.37. The van der Waals surface area contributed by atoms with Crippen LogP contribution in [0.3, 0.4) is 0 Å². The van der Waals surface area contributed by atoms with E-state index in [4.69, 9.17) is 0 Å². The summed E-state index contributed by atoms with van der Waals surface area (Å²) in [5.41, 5.74) is 6.12. The molecule has 4 nitrogen and oxygen atoms in total. The molecule has 1 atom stereocenters. The van der Waals surface area contributed by atoms with Gasteiger partial charge in [0, 0.05) is 34.8 Å². The van der Waals surface area contributed by atoms with Gasteiger partial charge < -0.3 is 5.32 Å². The molecule has 3 heterocycles. The van der Waals surface area contributed by atoms with Crippen molar-refractivity contribution in [1.29, 1.82) is 0 Å². The topological polar surface area (TPSA) is 54.9 Å². The summed E-state index contributed by atoms with van der Waals surface area (Å²) in [5, 5.41) is 3.52. The number of carbonyl (C=O) groups is 1. The number of anilines is 1. The molecule has 2 aromatic heterocycles. The molecule has 5 rings (SSSR count). The Balaban J connectivity index is 1.89.